The molecule has 11 heavy (non-hydrogen) atoms. The zero-order valence-corrected chi connectivity index (χ0v) is 6.22. The Kier molecular flexibility index (Phi) is 2.06. The second-order valence-electron chi connectivity index (χ2n) is 2.13. The second kappa shape index (κ2) is 3.01. The highest BCUT2D eigenvalue weighted by Gasteiger charge is 1.98. The van der Waals surface area contributed by atoms with Crippen molar-refractivity contribution < 1.29 is 4.79 Å². The van der Waals surface area contributed by atoms with E-state index in [-0.39, 0.29) is 5.91 Å². The lowest BCUT2D eigenvalue weighted by molar-refractivity contribution is -0.111. The number of aromatic nitrogens is 2. The SMILES string of the molecule is C=CC(=O)Nc1cc(C)[nH]n1. The van der Waals surface area contributed by atoms with E-state index < -0.39 is 0 Å². The van der Waals surface area contributed by atoms with Crippen molar-refractivity contribution in [1.29, 1.82) is 0 Å². The van der Waals surface area contributed by atoms with Gasteiger partial charge in [0, 0.05) is 11.8 Å². The molecular formula is C7H9N3O. The van der Waals surface area contributed by atoms with Gasteiger partial charge in [-0.25, -0.2) is 0 Å². The van der Waals surface area contributed by atoms with Crippen LogP contribution < -0.4 is 5.32 Å². The third-order valence-corrected chi connectivity index (χ3v) is 1.14. The van der Waals surface area contributed by atoms with Crippen LogP contribution in [-0.2, 0) is 4.79 Å². The topological polar surface area (TPSA) is 57.8 Å². The maximum Gasteiger partial charge on any atom is 0.248 e. The Morgan fingerprint density at radius 3 is 3.09 bits per heavy atom. The van der Waals surface area contributed by atoms with Crippen LogP contribution in [0.1, 0.15) is 5.69 Å². The maximum atomic E-state index is 10.7. The standard InChI is InChI=1S/C7H9N3O/c1-3-7(11)8-6-4-5(2)9-10-6/h3-4H,1H2,2H3,(H2,8,9,10,11). The number of hydrogen-bond acceptors (Lipinski definition) is 2. The molecule has 2 N–H and O–H groups in total. The van der Waals surface area contributed by atoms with Gasteiger partial charge in [-0.05, 0) is 13.0 Å². The Bertz CT molecular complexity index is 277. The first-order chi connectivity index (χ1) is 5.22. The molecule has 0 aliphatic carbocycles. The Balaban J connectivity index is 2.64. The van der Waals surface area contributed by atoms with Crippen LogP contribution in [0, 0.1) is 6.92 Å². The third kappa shape index (κ3) is 1.93. The minimum atomic E-state index is -0.253. The van der Waals surface area contributed by atoms with Gasteiger partial charge in [0.1, 0.15) is 0 Å². The van der Waals surface area contributed by atoms with Crippen molar-refractivity contribution in [2.45, 2.75) is 6.92 Å². The van der Waals surface area contributed by atoms with Crippen LogP contribution >= 0.6 is 0 Å². The average Bonchev–Trinajstić information content (AvgIpc) is 2.35. The number of aryl methyl sites for hydroxylation is 1. The lowest BCUT2D eigenvalue weighted by Crippen LogP contribution is -2.07. The molecule has 1 amide bonds. The van der Waals surface area contributed by atoms with Gasteiger partial charge in [-0.15, -0.1) is 0 Å². The molecule has 1 heterocycles. The van der Waals surface area contributed by atoms with E-state index in [1.54, 1.807) is 6.07 Å². The van der Waals surface area contributed by atoms with E-state index in [2.05, 4.69) is 22.1 Å². The second-order valence-corrected chi connectivity index (χ2v) is 2.13. The quantitative estimate of drug-likeness (QED) is 0.615. The van der Waals surface area contributed by atoms with Gasteiger partial charge in [-0.1, -0.05) is 6.58 Å². The van der Waals surface area contributed by atoms with Crippen LogP contribution in [0.4, 0.5) is 5.82 Å². The molecule has 0 unspecified atom stereocenters. The van der Waals surface area contributed by atoms with E-state index in [1.807, 2.05) is 6.92 Å². The minimum absolute atomic E-state index is 0.253. The average molecular weight is 151 g/mol. The molecule has 0 saturated carbocycles. The molecule has 58 valence electrons. The van der Waals surface area contributed by atoms with Gasteiger partial charge in [-0.2, -0.15) is 5.10 Å². The highest BCUT2D eigenvalue weighted by molar-refractivity contribution is 5.98. The molecule has 0 saturated heterocycles. The minimum Gasteiger partial charge on any atom is -0.306 e. The highest BCUT2D eigenvalue weighted by Crippen LogP contribution is 2.02. The van der Waals surface area contributed by atoms with E-state index in [0.717, 1.165) is 5.69 Å². The summed E-state index contributed by atoms with van der Waals surface area (Å²) in [5, 5.41) is 9.01. The third-order valence-electron chi connectivity index (χ3n) is 1.14. The molecular weight excluding hydrogens is 142 g/mol. The lowest BCUT2D eigenvalue weighted by Gasteiger charge is -1.92. The number of amides is 1. The summed E-state index contributed by atoms with van der Waals surface area (Å²) in [6.07, 6.45) is 1.20. The van der Waals surface area contributed by atoms with Crippen molar-refractivity contribution in [3.63, 3.8) is 0 Å². The van der Waals surface area contributed by atoms with Gasteiger partial charge in [0.25, 0.3) is 0 Å². The van der Waals surface area contributed by atoms with Gasteiger partial charge >= 0.3 is 0 Å². The van der Waals surface area contributed by atoms with Gasteiger partial charge in [0.15, 0.2) is 5.82 Å². The summed E-state index contributed by atoms with van der Waals surface area (Å²) in [5.74, 6) is 0.268. The lowest BCUT2D eigenvalue weighted by atomic mass is 10.4. The molecule has 0 atom stereocenters. The highest BCUT2D eigenvalue weighted by atomic mass is 16.1. The number of aromatic amines is 1. The number of H-pyrrole nitrogens is 1. The number of carbonyl (C=O) groups is 1. The summed E-state index contributed by atoms with van der Waals surface area (Å²) >= 11 is 0. The number of rotatable bonds is 2. The number of carbonyl (C=O) groups excluding carboxylic acids is 1. The molecule has 1 rings (SSSR count). The van der Waals surface area contributed by atoms with Crippen LogP contribution in [-0.4, -0.2) is 16.1 Å². The Hall–Kier alpha value is -1.58. The van der Waals surface area contributed by atoms with Crippen LogP contribution in [0.5, 0.6) is 0 Å². The predicted molar refractivity (Wildman–Crippen MR) is 42.2 cm³/mol. The Labute approximate surface area is 64.3 Å². The van der Waals surface area contributed by atoms with E-state index in [9.17, 15) is 4.79 Å². The molecule has 4 heteroatoms. The molecule has 0 fully saturated rings. The summed E-state index contributed by atoms with van der Waals surface area (Å²) in [7, 11) is 0. The van der Waals surface area contributed by atoms with E-state index in [0.29, 0.717) is 5.82 Å². The smallest absolute Gasteiger partial charge is 0.248 e. The van der Waals surface area contributed by atoms with Crippen molar-refractivity contribution in [2.24, 2.45) is 0 Å². The molecule has 1 aromatic rings. The van der Waals surface area contributed by atoms with Crippen LogP contribution in [0.3, 0.4) is 0 Å². The molecule has 1 aromatic heterocycles. The first kappa shape index (κ1) is 7.53. The van der Waals surface area contributed by atoms with Crippen molar-refractivity contribution >= 4 is 11.7 Å². The van der Waals surface area contributed by atoms with E-state index >= 15 is 0 Å². The zero-order chi connectivity index (χ0) is 8.27. The van der Waals surface area contributed by atoms with Crippen molar-refractivity contribution in [3.8, 4) is 0 Å². The maximum absolute atomic E-state index is 10.7. The van der Waals surface area contributed by atoms with Gasteiger partial charge < -0.3 is 5.32 Å². The number of nitrogens with zero attached hydrogens (tertiary/aromatic N) is 1. The molecule has 0 aliphatic heterocycles. The van der Waals surface area contributed by atoms with Crippen molar-refractivity contribution in [1.82, 2.24) is 10.2 Å². The Morgan fingerprint density at radius 2 is 2.64 bits per heavy atom. The fourth-order valence-corrected chi connectivity index (χ4v) is 0.659. The predicted octanol–water partition coefficient (Wildman–Crippen LogP) is 0.843. The monoisotopic (exact) mass is 151 g/mol. The molecule has 0 spiro atoms. The van der Waals surface area contributed by atoms with Gasteiger partial charge in [0.2, 0.25) is 5.91 Å². The number of hydrogen-bond donors (Lipinski definition) is 2. The van der Waals surface area contributed by atoms with Crippen molar-refractivity contribution in [2.75, 3.05) is 5.32 Å². The molecule has 0 bridgehead atoms. The zero-order valence-electron chi connectivity index (χ0n) is 6.22. The normalized spacial score (nSPS) is 9.18. The van der Waals surface area contributed by atoms with Gasteiger partial charge in [-0.3, -0.25) is 9.89 Å². The summed E-state index contributed by atoms with van der Waals surface area (Å²) in [5.41, 5.74) is 0.907. The molecule has 0 aromatic carbocycles. The number of anilines is 1. The van der Waals surface area contributed by atoms with Gasteiger partial charge in [0.05, 0.1) is 0 Å². The molecule has 4 nitrogen and oxygen atoms in total. The fourth-order valence-electron chi connectivity index (χ4n) is 0.659. The largest absolute Gasteiger partial charge is 0.306 e. The fraction of sp³-hybridized carbons (Fsp3) is 0.143. The van der Waals surface area contributed by atoms with Crippen LogP contribution in [0.25, 0.3) is 0 Å². The summed E-state index contributed by atoms with van der Waals surface area (Å²) in [6.45, 7) is 5.17. The Morgan fingerprint density at radius 1 is 1.91 bits per heavy atom. The van der Waals surface area contributed by atoms with Crippen LogP contribution in [0.2, 0.25) is 0 Å². The van der Waals surface area contributed by atoms with E-state index in [4.69, 9.17) is 0 Å². The molecule has 0 aliphatic rings. The first-order valence-corrected chi connectivity index (χ1v) is 3.18. The summed E-state index contributed by atoms with van der Waals surface area (Å²) in [6, 6.07) is 1.74. The van der Waals surface area contributed by atoms with E-state index in [1.165, 1.54) is 6.08 Å². The molecule has 0 radical (unpaired) electrons. The number of nitrogens with one attached hydrogen (secondary N) is 2. The van der Waals surface area contributed by atoms with Crippen molar-refractivity contribution in [3.05, 3.63) is 24.4 Å². The summed E-state index contributed by atoms with van der Waals surface area (Å²) < 4.78 is 0. The van der Waals surface area contributed by atoms with Crippen LogP contribution in [0.15, 0.2) is 18.7 Å². The summed E-state index contributed by atoms with van der Waals surface area (Å²) in [4.78, 5) is 10.7. The first-order valence-electron chi connectivity index (χ1n) is 3.18.